The van der Waals surface area contributed by atoms with Gasteiger partial charge in [-0.25, -0.2) is 4.39 Å². The van der Waals surface area contributed by atoms with E-state index in [2.05, 4.69) is 10.4 Å². The summed E-state index contributed by atoms with van der Waals surface area (Å²) in [7, 11) is 1.87. The lowest BCUT2D eigenvalue weighted by Gasteiger charge is -2.16. The fourth-order valence-corrected chi connectivity index (χ4v) is 2.36. The summed E-state index contributed by atoms with van der Waals surface area (Å²) in [6.07, 6.45) is 1.73. The Morgan fingerprint density at radius 3 is 2.74 bits per heavy atom. The number of halogens is 3. The average molecular weight is 302 g/mol. The van der Waals surface area contributed by atoms with Crippen molar-refractivity contribution in [3.8, 4) is 0 Å². The van der Waals surface area contributed by atoms with Crippen LogP contribution in [0.15, 0.2) is 24.4 Å². The van der Waals surface area contributed by atoms with Gasteiger partial charge >= 0.3 is 0 Å². The van der Waals surface area contributed by atoms with Gasteiger partial charge in [-0.1, -0.05) is 23.2 Å². The summed E-state index contributed by atoms with van der Waals surface area (Å²) >= 11 is 11.8. The van der Waals surface area contributed by atoms with Crippen molar-refractivity contribution in [1.82, 2.24) is 15.1 Å². The van der Waals surface area contributed by atoms with E-state index in [-0.39, 0.29) is 11.1 Å². The molecule has 0 spiro atoms. The number of benzene rings is 1. The summed E-state index contributed by atoms with van der Waals surface area (Å²) in [5, 5.41) is 7.85. The molecule has 19 heavy (non-hydrogen) atoms. The van der Waals surface area contributed by atoms with Crippen LogP contribution in [0, 0.1) is 5.82 Å². The predicted molar refractivity (Wildman–Crippen MR) is 74.9 cm³/mol. The smallest absolute Gasteiger partial charge is 0.142 e. The van der Waals surface area contributed by atoms with Gasteiger partial charge in [0.1, 0.15) is 5.82 Å². The van der Waals surface area contributed by atoms with Gasteiger partial charge < -0.3 is 5.32 Å². The molecule has 0 aliphatic rings. The molecule has 102 valence electrons. The minimum Gasteiger partial charge on any atom is -0.305 e. The number of aromatic nitrogens is 2. The Morgan fingerprint density at radius 1 is 1.37 bits per heavy atom. The fourth-order valence-electron chi connectivity index (χ4n) is 1.81. The normalized spacial score (nSPS) is 12.7. The van der Waals surface area contributed by atoms with Crippen LogP contribution >= 0.6 is 23.2 Å². The van der Waals surface area contributed by atoms with Crippen molar-refractivity contribution in [2.75, 3.05) is 0 Å². The van der Waals surface area contributed by atoms with Crippen LogP contribution in [-0.2, 0) is 13.6 Å². The van der Waals surface area contributed by atoms with Crippen LogP contribution in [0.25, 0.3) is 0 Å². The number of hydrogen-bond donors (Lipinski definition) is 1. The molecule has 0 saturated carbocycles. The molecule has 0 aliphatic carbocycles. The van der Waals surface area contributed by atoms with E-state index in [0.717, 1.165) is 5.69 Å². The third-order valence-electron chi connectivity index (χ3n) is 3.02. The third-order valence-corrected chi connectivity index (χ3v) is 3.63. The molecule has 0 bridgehead atoms. The van der Waals surface area contributed by atoms with Crippen molar-refractivity contribution in [3.63, 3.8) is 0 Å². The van der Waals surface area contributed by atoms with Gasteiger partial charge in [0.2, 0.25) is 0 Å². The molecule has 1 unspecified atom stereocenters. The first-order valence-electron chi connectivity index (χ1n) is 5.83. The molecule has 0 amide bonds. The summed E-state index contributed by atoms with van der Waals surface area (Å²) in [5.41, 5.74) is 1.73. The Morgan fingerprint density at radius 2 is 2.11 bits per heavy atom. The Bertz CT molecular complexity index is 583. The molecule has 0 radical (unpaired) electrons. The molecule has 0 fully saturated rings. The van der Waals surface area contributed by atoms with E-state index in [1.165, 1.54) is 12.1 Å². The zero-order valence-corrected chi connectivity index (χ0v) is 12.1. The molecule has 2 rings (SSSR count). The van der Waals surface area contributed by atoms with Crippen LogP contribution in [0.4, 0.5) is 4.39 Å². The first-order valence-corrected chi connectivity index (χ1v) is 6.59. The standard InChI is InChI=1S/C13H14Cl2FN3/c1-8(17-7-9-3-4-18-19(9)2)10-5-13(16)12(15)6-11(10)14/h3-6,8,17H,7H2,1-2H3. The summed E-state index contributed by atoms with van der Waals surface area (Å²) in [6, 6.07) is 4.62. The highest BCUT2D eigenvalue weighted by Crippen LogP contribution is 2.28. The summed E-state index contributed by atoms with van der Waals surface area (Å²) in [6.45, 7) is 2.54. The Balaban J connectivity index is 2.10. The van der Waals surface area contributed by atoms with Crippen molar-refractivity contribution >= 4 is 23.2 Å². The molecule has 1 aromatic heterocycles. The van der Waals surface area contributed by atoms with Crippen molar-refractivity contribution in [1.29, 1.82) is 0 Å². The van der Waals surface area contributed by atoms with E-state index < -0.39 is 5.82 Å². The highest BCUT2D eigenvalue weighted by molar-refractivity contribution is 6.35. The largest absolute Gasteiger partial charge is 0.305 e. The molecule has 1 N–H and O–H groups in total. The maximum absolute atomic E-state index is 13.5. The van der Waals surface area contributed by atoms with Gasteiger partial charge in [-0.05, 0) is 30.7 Å². The van der Waals surface area contributed by atoms with E-state index in [1.807, 2.05) is 20.0 Å². The second-order valence-corrected chi connectivity index (χ2v) is 5.15. The van der Waals surface area contributed by atoms with E-state index >= 15 is 0 Å². The lowest BCUT2D eigenvalue weighted by molar-refractivity contribution is 0.543. The molecule has 6 heteroatoms. The van der Waals surface area contributed by atoms with Gasteiger partial charge in [0.15, 0.2) is 0 Å². The minimum absolute atomic E-state index is 0.0348. The summed E-state index contributed by atoms with van der Waals surface area (Å²) in [5.74, 6) is -0.463. The van der Waals surface area contributed by atoms with Gasteiger partial charge in [-0.3, -0.25) is 4.68 Å². The maximum atomic E-state index is 13.5. The number of nitrogens with zero attached hydrogens (tertiary/aromatic N) is 2. The van der Waals surface area contributed by atoms with Gasteiger partial charge in [0.25, 0.3) is 0 Å². The Labute approximate surface area is 121 Å². The number of hydrogen-bond acceptors (Lipinski definition) is 2. The first kappa shape index (κ1) is 14.3. The van der Waals surface area contributed by atoms with Gasteiger partial charge in [0.05, 0.1) is 10.7 Å². The molecule has 1 heterocycles. The lowest BCUT2D eigenvalue weighted by Crippen LogP contribution is -2.20. The highest BCUT2D eigenvalue weighted by Gasteiger charge is 2.13. The van der Waals surface area contributed by atoms with Crippen LogP contribution in [-0.4, -0.2) is 9.78 Å². The van der Waals surface area contributed by atoms with Crippen LogP contribution in [0.5, 0.6) is 0 Å². The monoisotopic (exact) mass is 301 g/mol. The van der Waals surface area contributed by atoms with Gasteiger partial charge in [-0.2, -0.15) is 5.10 Å². The SMILES string of the molecule is CC(NCc1ccnn1C)c1cc(F)c(Cl)cc1Cl. The molecule has 0 aliphatic heterocycles. The fraction of sp³-hybridized carbons (Fsp3) is 0.308. The zero-order valence-electron chi connectivity index (χ0n) is 10.6. The highest BCUT2D eigenvalue weighted by atomic mass is 35.5. The van der Waals surface area contributed by atoms with Crippen molar-refractivity contribution < 1.29 is 4.39 Å². The quantitative estimate of drug-likeness (QED) is 0.872. The van der Waals surface area contributed by atoms with Crippen LogP contribution < -0.4 is 5.32 Å². The third kappa shape index (κ3) is 3.26. The Kier molecular flexibility index (Phi) is 4.45. The zero-order chi connectivity index (χ0) is 14.0. The van der Waals surface area contributed by atoms with E-state index in [0.29, 0.717) is 17.1 Å². The minimum atomic E-state index is -0.463. The molecule has 0 saturated heterocycles. The van der Waals surface area contributed by atoms with Crippen molar-refractivity contribution in [2.24, 2.45) is 7.05 Å². The summed E-state index contributed by atoms with van der Waals surface area (Å²) < 4.78 is 15.2. The predicted octanol–water partition coefficient (Wildman–Crippen LogP) is 3.72. The molecule has 1 aromatic carbocycles. The molecule has 1 atom stereocenters. The lowest BCUT2D eigenvalue weighted by atomic mass is 10.1. The number of rotatable bonds is 4. The van der Waals surface area contributed by atoms with Crippen molar-refractivity contribution in [3.05, 3.63) is 51.5 Å². The van der Waals surface area contributed by atoms with Crippen LogP contribution in [0.1, 0.15) is 24.2 Å². The number of aryl methyl sites for hydroxylation is 1. The molecular weight excluding hydrogens is 288 g/mol. The molecular formula is C13H14Cl2FN3. The summed E-state index contributed by atoms with van der Waals surface area (Å²) in [4.78, 5) is 0. The topological polar surface area (TPSA) is 29.9 Å². The average Bonchev–Trinajstić information content (AvgIpc) is 2.76. The van der Waals surface area contributed by atoms with Crippen LogP contribution in [0.3, 0.4) is 0 Å². The van der Waals surface area contributed by atoms with Crippen molar-refractivity contribution in [2.45, 2.75) is 19.5 Å². The van der Waals surface area contributed by atoms with Gasteiger partial charge in [0, 0.05) is 30.9 Å². The second-order valence-electron chi connectivity index (χ2n) is 4.34. The maximum Gasteiger partial charge on any atom is 0.142 e. The van der Waals surface area contributed by atoms with Crippen LogP contribution in [0.2, 0.25) is 10.0 Å². The van der Waals surface area contributed by atoms with Gasteiger partial charge in [-0.15, -0.1) is 0 Å². The number of nitrogens with one attached hydrogen (secondary N) is 1. The molecule has 3 nitrogen and oxygen atoms in total. The van der Waals surface area contributed by atoms with E-state index in [9.17, 15) is 4.39 Å². The Hall–Kier alpha value is -1.10. The van der Waals surface area contributed by atoms with E-state index in [4.69, 9.17) is 23.2 Å². The first-order chi connectivity index (χ1) is 8.99. The van der Waals surface area contributed by atoms with E-state index in [1.54, 1.807) is 10.9 Å². The second kappa shape index (κ2) is 5.90. The molecule has 2 aromatic rings.